The van der Waals surface area contributed by atoms with Crippen LogP contribution in [0.4, 0.5) is 23.3 Å². The lowest BCUT2D eigenvalue weighted by molar-refractivity contribution is -0.121. The lowest BCUT2D eigenvalue weighted by atomic mass is 9.93. The Balaban J connectivity index is 0.844. The minimum atomic E-state index is -0.256. The van der Waals surface area contributed by atoms with Gasteiger partial charge in [0.25, 0.3) is 0 Å². The lowest BCUT2D eigenvalue weighted by Gasteiger charge is -2.17. The molecule has 22 nitrogen and oxygen atoms in total. The maximum Gasteiger partial charge on any atom is 0.228 e. The third kappa shape index (κ3) is 38.4. The van der Waals surface area contributed by atoms with Crippen LogP contribution in [0.2, 0.25) is 0 Å². The number of carbonyl (C=O) groups excluding carboxylic acids is 4. The fraction of sp³-hybridized carbons (Fsp3) is 0.600. The zero-order chi connectivity index (χ0) is 78.9. The fourth-order valence-corrected chi connectivity index (χ4v) is 12.9. The maximum atomic E-state index is 13.7. The Hall–Kier alpha value is -8.48. The van der Waals surface area contributed by atoms with Gasteiger partial charge >= 0.3 is 0 Å². The van der Waals surface area contributed by atoms with E-state index in [-0.39, 0.29) is 87.6 Å². The van der Waals surface area contributed by atoms with E-state index in [1.54, 1.807) is 36.4 Å². The molecule has 0 fully saturated rings. The molecule has 4 bridgehead atoms. The van der Waals surface area contributed by atoms with E-state index in [4.69, 9.17) is 57.3 Å². The van der Waals surface area contributed by atoms with Crippen molar-refractivity contribution in [2.45, 2.75) is 233 Å². The van der Waals surface area contributed by atoms with Crippen molar-refractivity contribution in [1.82, 2.24) is 19.9 Å². The second-order valence-electron chi connectivity index (χ2n) is 28.6. The Morgan fingerprint density at radius 3 is 0.920 bits per heavy atom. The standard InChI is InChI=1S/C90H128N8O14/c1-5-9-13-17-21-25-33-73(34-26-22-18-14-10-6-2)89(101)97-83-51-43-71-41-49-81(93-87(71)95-83)91-85(99)39-31-29-37-75-69-77-45-47-79(75)111-67-63-107-59-55-103-54-58-106-62-66-110-78-46-48-80(112-68-64-108-60-56-104-53-57-105-61-65-109-77)76(70-78)38-30-32-40-86(100)92-82-50-42-72-44-52-84(96-88(72)94-82)98-90(102)74(35-27-23-19-15-11-7-3)36-28-24-20-16-12-8-4/h41-52,69-70,73-74H,5-28,31-36,39-40,53-68H2,1-4H3,(H2,91,93,95,97,99,101)(H2,92,94,96,98,100,102). The number of nitrogens with one attached hydrogen (secondary N) is 4. The van der Waals surface area contributed by atoms with Crippen LogP contribution in [0, 0.1) is 35.5 Å². The highest BCUT2D eigenvalue weighted by Crippen LogP contribution is 2.29. The van der Waals surface area contributed by atoms with Crippen molar-refractivity contribution >= 4 is 69.0 Å². The summed E-state index contributed by atoms with van der Waals surface area (Å²) in [6.45, 7) is 14.1. The molecule has 0 radical (unpaired) electrons. The molecule has 612 valence electrons. The van der Waals surface area contributed by atoms with E-state index in [2.05, 4.69) is 82.6 Å². The quantitative estimate of drug-likeness (QED) is 0.0207. The first kappa shape index (κ1) is 90.7. The van der Waals surface area contributed by atoms with Gasteiger partial charge in [-0.2, -0.15) is 0 Å². The van der Waals surface area contributed by atoms with E-state index >= 15 is 0 Å². The summed E-state index contributed by atoms with van der Waals surface area (Å²) in [5, 5.41) is 13.6. The summed E-state index contributed by atoms with van der Waals surface area (Å²) < 4.78 is 59.2. The van der Waals surface area contributed by atoms with Crippen LogP contribution >= 0.6 is 0 Å². The van der Waals surface area contributed by atoms with Gasteiger partial charge in [-0.3, -0.25) is 19.2 Å². The van der Waals surface area contributed by atoms with Crippen LogP contribution in [0.3, 0.4) is 0 Å². The summed E-state index contributed by atoms with van der Waals surface area (Å²) in [7, 11) is 0. The van der Waals surface area contributed by atoms with Gasteiger partial charge in [-0.15, -0.1) is 0 Å². The first-order valence-electron chi connectivity index (χ1n) is 42.1. The second kappa shape index (κ2) is 57.5. The Bertz CT molecular complexity index is 3520. The Morgan fingerprint density at radius 2 is 0.607 bits per heavy atom. The van der Waals surface area contributed by atoms with Gasteiger partial charge in [-0.05, 0) is 111 Å². The summed E-state index contributed by atoms with van der Waals surface area (Å²) in [6.07, 6.45) is 32.7. The Labute approximate surface area is 666 Å². The maximum absolute atomic E-state index is 13.7. The van der Waals surface area contributed by atoms with Gasteiger partial charge in [-0.25, -0.2) is 19.9 Å². The number of ether oxygens (including phenoxy) is 10. The van der Waals surface area contributed by atoms with Crippen LogP contribution < -0.4 is 40.2 Å². The number of carbonyl (C=O) groups is 4. The summed E-state index contributed by atoms with van der Waals surface area (Å²) in [6, 6.07) is 25.4. The summed E-state index contributed by atoms with van der Waals surface area (Å²) in [5.41, 5.74) is 2.03. The number of nitrogens with zero attached hydrogens (tertiary/aromatic N) is 4. The molecule has 10 rings (SSSR count). The van der Waals surface area contributed by atoms with Crippen molar-refractivity contribution in [2.24, 2.45) is 11.8 Å². The average Bonchev–Trinajstić information content (AvgIpc) is 0.813. The first-order valence-corrected chi connectivity index (χ1v) is 42.1. The van der Waals surface area contributed by atoms with Crippen molar-refractivity contribution in [3.63, 3.8) is 0 Å². The number of fused-ring (bicyclic) bond motifs is 2. The van der Waals surface area contributed by atoms with E-state index in [0.717, 1.165) is 87.8 Å². The van der Waals surface area contributed by atoms with Crippen LogP contribution in [0.15, 0.2) is 84.9 Å². The molecule has 8 heterocycles. The van der Waals surface area contributed by atoms with E-state index in [1.165, 1.54) is 103 Å². The molecule has 112 heavy (non-hydrogen) atoms. The van der Waals surface area contributed by atoms with Gasteiger partial charge in [0, 0.05) is 48.3 Å². The van der Waals surface area contributed by atoms with Crippen molar-refractivity contribution in [1.29, 1.82) is 0 Å². The van der Waals surface area contributed by atoms with Gasteiger partial charge in [0.15, 0.2) is 11.3 Å². The molecule has 0 saturated carbocycles. The second-order valence-corrected chi connectivity index (χ2v) is 28.6. The average molecular weight is 1550 g/mol. The number of aromatic nitrogens is 4. The molecule has 4 N–H and O–H groups in total. The third-order valence-corrected chi connectivity index (χ3v) is 19.3. The first-order chi connectivity index (χ1) is 55.1. The molecular weight excluding hydrogens is 1420 g/mol. The summed E-state index contributed by atoms with van der Waals surface area (Å²) in [4.78, 5) is 72.8. The molecule has 0 unspecified atom stereocenters. The van der Waals surface area contributed by atoms with Gasteiger partial charge in [0.1, 0.15) is 72.7 Å². The van der Waals surface area contributed by atoms with Gasteiger partial charge < -0.3 is 68.6 Å². The topological polar surface area (TPSA) is 260 Å². The van der Waals surface area contributed by atoms with E-state index in [0.29, 0.717) is 148 Å². The summed E-state index contributed by atoms with van der Waals surface area (Å²) >= 11 is 0. The normalized spacial score (nSPS) is 14.0. The number of unbranched alkanes of at least 4 members (excludes halogenated alkanes) is 20. The number of hydrogen-bond acceptors (Lipinski definition) is 18. The minimum Gasteiger partial charge on any atom is -0.491 e. The molecule has 6 aromatic rings. The Kier molecular flexibility index (Phi) is 46.6. The van der Waals surface area contributed by atoms with Crippen LogP contribution in [0.5, 0.6) is 23.0 Å². The molecular formula is C90H128N8O14. The SMILES string of the molecule is CCCCCCCCC(CCCCCCCC)C(=O)Nc1ccc2ccc(NC(=O)CCC#Cc3cc4ccc3OCCOCCOCCOCCOc3ccc(c(C#CCCC(=O)Nc5ccc6ccc(NC(=O)C(CCCCCCCC)CCCCCCCC)nc6n5)c3)OCCOCCOCCOCCO4)nc2n1. The molecule has 4 aliphatic rings. The molecule has 0 spiro atoms. The Morgan fingerprint density at radius 1 is 0.330 bits per heavy atom. The van der Waals surface area contributed by atoms with Gasteiger partial charge in [-0.1, -0.05) is 205 Å². The zero-order valence-corrected chi connectivity index (χ0v) is 67.7. The predicted molar refractivity (Wildman–Crippen MR) is 445 cm³/mol. The highest BCUT2D eigenvalue weighted by molar-refractivity contribution is 5.95. The summed E-state index contributed by atoms with van der Waals surface area (Å²) in [5.74, 6) is 15.9. The van der Waals surface area contributed by atoms with E-state index < -0.39 is 0 Å². The number of benzene rings is 2. The molecule has 0 saturated heterocycles. The van der Waals surface area contributed by atoms with Crippen molar-refractivity contribution in [3.05, 3.63) is 96.1 Å². The van der Waals surface area contributed by atoms with Crippen LogP contribution in [0.1, 0.15) is 244 Å². The van der Waals surface area contributed by atoms with Gasteiger partial charge in [0.2, 0.25) is 23.6 Å². The fourth-order valence-electron chi connectivity index (χ4n) is 12.9. The van der Waals surface area contributed by atoms with Crippen molar-refractivity contribution in [2.75, 3.05) is 127 Å². The van der Waals surface area contributed by atoms with Crippen molar-refractivity contribution in [3.8, 4) is 46.7 Å². The van der Waals surface area contributed by atoms with Crippen LogP contribution in [-0.2, 0) is 47.6 Å². The largest absolute Gasteiger partial charge is 0.491 e. The highest BCUT2D eigenvalue weighted by Gasteiger charge is 2.22. The molecule has 4 amide bonds. The van der Waals surface area contributed by atoms with Crippen LogP contribution in [0.25, 0.3) is 22.1 Å². The van der Waals surface area contributed by atoms with E-state index in [1.807, 2.05) is 48.5 Å². The zero-order valence-electron chi connectivity index (χ0n) is 67.7. The smallest absolute Gasteiger partial charge is 0.228 e. The van der Waals surface area contributed by atoms with E-state index in [9.17, 15) is 19.2 Å². The van der Waals surface area contributed by atoms with Crippen molar-refractivity contribution < 1.29 is 66.5 Å². The van der Waals surface area contributed by atoms with Gasteiger partial charge in [0.05, 0.1) is 90.4 Å². The monoisotopic (exact) mass is 1540 g/mol. The molecule has 0 aliphatic carbocycles. The predicted octanol–water partition coefficient (Wildman–Crippen LogP) is 18.6. The molecule has 2 aromatic carbocycles. The number of rotatable bonds is 38. The number of amides is 4. The molecule has 4 aliphatic heterocycles. The molecule has 0 atom stereocenters. The molecule has 22 heteroatoms. The van der Waals surface area contributed by atoms with Crippen LogP contribution in [-0.4, -0.2) is 149 Å². The number of hydrogen-bond donors (Lipinski definition) is 4. The lowest BCUT2D eigenvalue weighted by Crippen LogP contribution is -2.23. The number of anilines is 4. The number of pyridine rings is 4. The third-order valence-electron chi connectivity index (χ3n) is 19.3. The minimum absolute atomic E-state index is 0.00728. The molecule has 4 aromatic heterocycles. The highest BCUT2D eigenvalue weighted by atomic mass is 16.6.